The maximum absolute atomic E-state index is 12.5. The van der Waals surface area contributed by atoms with E-state index in [1.54, 1.807) is 6.92 Å². The van der Waals surface area contributed by atoms with Crippen molar-refractivity contribution in [1.82, 2.24) is 0 Å². The lowest BCUT2D eigenvalue weighted by Crippen LogP contribution is -2.39. The van der Waals surface area contributed by atoms with Crippen molar-refractivity contribution in [2.75, 3.05) is 0 Å². The number of carbonyl (C=O) groups excluding carboxylic acids is 1. The number of halogens is 2. The minimum Gasteiger partial charge on any atom is -0.386 e. The molecule has 4 heteroatoms. The van der Waals surface area contributed by atoms with Crippen LogP contribution in [0.25, 0.3) is 0 Å². The minimum absolute atomic E-state index is 0.0490. The number of aliphatic hydroxyl groups is 1. The van der Waals surface area contributed by atoms with Gasteiger partial charge in [-0.2, -0.15) is 8.78 Å². The number of rotatable bonds is 4. The highest BCUT2D eigenvalue weighted by Crippen LogP contribution is 2.22. The van der Waals surface area contributed by atoms with Crippen molar-refractivity contribution < 1.29 is 18.7 Å². The van der Waals surface area contributed by atoms with Gasteiger partial charge in [0.15, 0.2) is 0 Å². The highest BCUT2D eigenvalue weighted by Gasteiger charge is 2.42. The SMILES string of the molecule is CCCC(O)C(F)(F)C(C)=O. The first-order chi connectivity index (χ1) is 4.92. The lowest BCUT2D eigenvalue weighted by molar-refractivity contribution is -0.159. The summed E-state index contributed by atoms with van der Waals surface area (Å²) in [7, 11) is 0. The molecule has 1 unspecified atom stereocenters. The summed E-state index contributed by atoms with van der Waals surface area (Å²) >= 11 is 0. The Hall–Kier alpha value is -0.510. The van der Waals surface area contributed by atoms with E-state index in [-0.39, 0.29) is 6.42 Å². The van der Waals surface area contributed by atoms with E-state index in [2.05, 4.69) is 0 Å². The van der Waals surface area contributed by atoms with Crippen molar-refractivity contribution in [1.29, 1.82) is 0 Å². The molecule has 0 spiro atoms. The fraction of sp³-hybridized carbons (Fsp3) is 0.857. The third-order valence-electron chi connectivity index (χ3n) is 1.45. The summed E-state index contributed by atoms with van der Waals surface area (Å²) in [4.78, 5) is 10.3. The summed E-state index contributed by atoms with van der Waals surface area (Å²) in [6.07, 6.45) is -1.44. The number of alkyl halides is 2. The average Bonchev–Trinajstić information content (AvgIpc) is 1.88. The molecule has 66 valence electrons. The van der Waals surface area contributed by atoms with Crippen LogP contribution in [-0.2, 0) is 4.79 Å². The number of hydrogen-bond donors (Lipinski definition) is 1. The molecule has 0 aliphatic rings. The molecule has 0 aliphatic heterocycles. The lowest BCUT2D eigenvalue weighted by atomic mass is 10.1. The molecule has 0 aliphatic carbocycles. The van der Waals surface area contributed by atoms with Crippen LogP contribution in [0, 0.1) is 0 Å². The molecular weight excluding hydrogens is 154 g/mol. The fourth-order valence-electron chi connectivity index (χ4n) is 0.689. The zero-order valence-electron chi connectivity index (χ0n) is 6.60. The summed E-state index contributed by atoms with van der Waals surface area (Å²) in [5.74, 6) is -4.85. The van der Waals surface area contributed by atoms with Crippen molar-refractivity contribution in [3.8, 4) is 0 Å². The highest BCUT2D eigenvalue weighted by molar-refractivity contribution is 5.83. The second-order valence-corrected chi connectivity index (χ2v) is 2.48. The number of aliphatic hydroxyl groups excluding tert-OH is 1. The lowest BCUT2D eigenvalue weighted by Gasteiger charge is -2.18. The Kier molecular flexibility index (Phi) is 3.58. The van der Waals surface area contributed by atoms with E-state index in [4.69, 9.17) is 5.11 Å². The van der Waals surface area contributed by atoms with Crippen LogP contribution >= 0.6 is 0 Å². The molecule has 0 saturated carbocycles. The van der Waals surface area contributed by atoms with Crippen LogP contribution in [-0.4, -0.2) is 22.9 Å². The summed E-state index contributed by atoms with van der Waals surface area (Å²) in [5, 5.41) is 8.78. The van der Waals surface area contributed by atoms with Gasteiger partial charge in [-0.1, -0.05) is 13.3 Å². The Morgan fingerprint density at radius 1 is 1.64 bits per heavy atom. The van der Waals surface area contributed by atoms with Crippen LogP contribution in [0.15, 0.2) is 0 Å². The topological polar surface area (TPSA) is 37.3 Å². The second kappa shape index (κ2) is 3.76. The molecular formula is C7H12F2O2. The molecule has 2 nitrogen and oxygen atoms in total. The van der Waals surface area contributed by atoms with Gasteiger partial charge in [0.1, 0.15) is 6.10 Å². The molecule has 0 aromatic rings. The van der Waals surface area contributed by atoms with Gasteiger partial charge in [0.2, 0.25) is 5.78 Å². The van der Waals surface area contributed by atoms with E-state index in [1.165, 1.54) is 0 Å². The molecule has 0 heterocycles. The van der Waals surface area contributed by atoms with E-state index >= 15 is 0 Å². The predicted molar refractivity (Wildman–Crippen MR) is 36.5 cm³/mol. The van der Waals surface area contributed by atoms with Crippen molar-refractivity contribution in [3.63, 3.8) is 0 Å². The summed E-state index contributed by atoms with van der Waals surface area (Å²) in [6, 6.07) is 0. The van der Waals surface area contributed by atoms with Gasteiger partial charge in [-0.25, -0.2) is 0 Å². The highest BCUT2D eigenvalue weighted by atomic mass is 19.3. The van der Waals surface area contributed by atoms with Gasteiger partial charge < -0.3 is 5.11 Å². The molecule has 0 rings (SSSR count). The molecule has 0 aromatic heterocycles. The van der Waals surface area contributed by atoms with Crippen molar-refractivity contribution in [3.05, 3.63) is 0 Å². The Morgan fingerprint density at radius 2 is 2.09 bits per heavy atom. The van der Waals surface area contributed by atoms with Gasteiger partial charge in [0.25, 0.3) is 0 Å². The van der Waals surface area contributed by atoms with E-state index in [1.807, 2.05) is 0 Å². The Bertz CT molecular complexity index is 145. The molecule has 0 radical (unpaired) electrons. The summed E-state index contributed by atoms with van der Waals surface area (Å²) < 4.78 is 25.1. The van der Waals surface area contributed by atoms with Crippen molar-refractivity contribution >= 4 is 5.78 Å². The first-order valence-corrected chi connectivity index (χ1v) is 3.49. The van der Waals surface area contributed by atoms with Crippen LogP contribution in [0.1, 0.15) is 26.7 Å². The Labute approximate surface area is 64.2 Å². The van der Waals surface area contributed by atoms with E-state index in [9.17, 15) is 13.6 Å². The van der Waals surface area contributed by atoms with E-state index < -0.39 is 17.8 Å². The predicted octanol–water partition coefficient (Wildman–Crippen LogP) is 1.37. The zero-order chi connectivity index (χ0) is 9.07. The third-order valence-corrected chi connectivity index (χ3v) is 1.45. The quantitative estimate of drug-likeness (QED) is 0.684. The molecule has 0 bridgehead atoms. The largest absolute Gasteiger partial charge is 0.386 e. The number of Topliss-reactive ketones (excluding diaryl/α,β-unsaturated/α-hetero) is 1. The molecule has 0 amide bonds. The average molecular weight is 166 g/mol. The summed E-state index contributed by atoms with van der Waals surface area (Å²) in [5.41, 5.74) is 0. The Morgan fingerprint density at radius 3 is 2.36 bits per heavy atom. The van der Waals surface area contributed by atoms with E-state index in [0.717, 1.165) is 6.92 Å². The first kappa shape index (κ1) is 10.5. The minimum atomic E-state index is -3.57. The molecule has 0 saturated heterocycles. The third kappa shape index (κ3) is 2.54. The smallest absolute Gasteiger partial charge is 0.330 e. The molecule has 1 atom stereocenters. The van der Waals surface area contributed by atoms with Crippen LogP contribution < -0.4 is 0 Å². The van der Waals surface area contributed by atoms with Gasteiger partial charge in [-0.3, -0.25) is 4.79 Å². The van der Waals surface area contributed by atoms with Crippen LogP contribution in [0.2, 0.25) is 0 Å². The van der Waals surface area contributed by atoms with Gasteiger partial charge in [-0.05, 0) is 6.42 Å². The maximum atomic E-state index is 12.5. The molecule has 1 N–H and O–H groups in total. The van der Waals surface area contributed by atoms with Gasteiger partial charge in [-0.15, -0.1) is 0 Å². The molecule has 0 fully saturated rings. The number of hydrogen-bond acceptors (Lipinski definition) is 2. The molecule has 0 aromatic carbocycles. The monoisotopic (exact) mass is 166 g/mol. The van der Waals surface area contributed by atoms with E-state index in [0.29, 0.717) is 6.42 Å². The van der Waals surface area contributed by atoms with Crippen LogP contribution in [0.4, 0.5) is 8.78 Å². The normalized spacial score (nSPS) is 14.6. The first-order valence-electron chi connectivity index (χ1n) is 3.49. The Balaban J connectivity index is 4.17. The van der Waals surface area contributed by atoms with Gasteiger partial charge in [0, 0.05) is 6.92 Å². The van der Waals surface area contributed by atoms with Crippen LogP contribution in [0.5, 0.6) is 0 Å². The van der Waals surface area contributed by atoms with Gasteiger partial charge >= 0.3 is 5.92 Å². The second-order valence-electron chi connectivity index (χ2n) is 2.48. The maximum Gasteiger partial charge on any atom is 0.330 e. The summed E-state index contributed by atoms with van der Waals surface area (Å²) in [6.45, 7) is 2.44. The zero-order valence-corrected chi connectivity index (χ0v) is 6.60. The molecule has 11 heavy (non-hydrogen) atoms. The fourth-order valence-corrected chi connectivity index (χ4v) is 0.689. The van der Waals surface area contributed by atoms with Gasteiger partial charge in [0.05, 0.1) is 0 Å². The standard InChI is InChI=1S/C7H12F2O2/c1-3-4-6(11)7(8,9)5(2)10/h6,11H,3-4H2,1-2H3. The number of carbonyl (C=O) groups is 1. The number of ketones is 1. The van der Waals surface area contributed by atoms with Crippen molar-refractivity contribution in [2.45, 2.75) is 38.7 Å². The van der Waals surface area contributed by atoms with Crippen LogP contribution in [0.3, 0.4) is 0 Å². The van der Waals surface area contributed by atoms with Crippen molar-refractivity contribution in [2.24, 2.45) is 0 Å².